The van der Waals surface area contributed by atoms with Crippen molar-refractivity contribution in [2.75, 3.05) is 5.32 Å². The Balaban J connectivity index is 1.46. The van der Waals surface area contributed by atoms with Crippen LogP contribution in [0.4, 0.5) is 15.2 Å². The van der Waals surface area contributed by atoms with E-state index in [1.807, 2.05) is 6.07 Å². The van der Waals surface area contributed by atoms with Crippen molar-refractivity contribution in [3.8, 4) is 0 Å². The Bertz CT molecular complexity index is 1110. The minimum Gasteiger partial charge on any atom is -0.330 e. The van der Waals surface area contributed by atoms with E-state index in [-0.39, 0.29) is 17.3 Å². The normalized spacial score (nSPS) is 11.0. The lowest BCUT2D eigenvalue weighted by molar-refractivity contribution is 0.628. The Morgan fingerprint density at radius 1 is 1.08 bits per heavy atom. The number of anilines is 2. The molecule has 4 rings (SSSR count). The maximum absolute atomic E-state index is 12.9. The number of fused-ring (bicyclic) bond motifs is 1. The molecule has 0 fully saturated rings. The van der Waals surface area contributed by atoms with Gasteiger partial charge in [0.1, 0.15) is 11.3 Å². The SMILES string of the molecule is O=c1c2ccccc2nnn1CSc1nnc(Nc2ccc(F)cc2)s1. The summed E-state index contributed by atoms with van der Waals surface area (Å²) in [6.45, 7) is 0. The molecule has 26 heavy (non-hydrogen) atoms. The molecule has 0 bridgehead atoms. The van der Waals surface area contributed by atoms with Crippen LogP contribution in [-0.4, -0.2) is 25.2 Å². The number of benzene rings is 2. The van der Waals surface area contributed by atoms with E-state index in [2.05, 4.69) is 25.8 Å². The van der Waals surface area contributed by atoms with E-state index in [9.17, 15) is 9.18 Å². The van der Waals surface area contributed by atoms with Gasteiger partial charge in [0.2, 0.25) is 5.13 Å². The standard InChI is InChI=1S/C16H11FN6OS2/c17-10-5-7-11(8-6-10)18-15-20-21-16(26-15)25-9-23-14(24)12-3-1-2-4-13(12)19-22-23/h1-8H,9H2,(H,18,20). The van der Waals surface area contributed by atoms with Crippen LogP contribution < -0.4 is 10.9 Å². The van der Waals surface area contributed by atoms with E-state index in [1.54, 1.807) is 30.3 Å². The van der Waals surface area contributed by atoms with Gasteiger partial charge in [-0.05, 0) is 36.4 Å². The van der Waals surface area contributed by atoms with E-state index in [0.29, 0.717) is 20.4 Å². The smallest absolute Gasteiger partial charge is 0.278 e. The second kappa shape index (κ2) is 7.18. The molecule has 0 spiro atoms. The Morgan fingerprint density at radius 3 is 2.73 bits per heavy atom. The number of hydrogen-bond donors (Lipinski definition) is 1. The van der Waals surface area contributed by atoms with Crippen LogP contribution in [0.3, 0.4) is 0 Å². The molecule has 0 saturated heterocycles. The molecular formula is C16H11FN6OS2. The summed E-state index contributed by atoms with van der Waals surface area (Å²) in [6, 6.07) is 13.0. The molecule has 0 atom stereocenters. The Morgan fingerprint density at radius 2 is 1.88 bits per heavy atom. The van der Waals surface area contributed by atoms with Crippen molar-refractivity contribution in [2.45, 2.75) is 10.2 Å². The maximum atomic E-state index is 12.9. The fourth-order valence-electron chi connectivity index (χ4n) is 2.20. The van der Waals surface area contributed by atoms with Gasteiger partial charge in [-0.15, -0.1) is 15.3 Å². The molecular weight excluding hydrogens is 375 g/mol. The van der Waals surface area contributed by atoms with Crippen LogP contribution in [0.5, 0.6) is 0 Å². The van der Waals surface area contributed by atoms with Crippen molar-refractivity contribution >= 4 is 44.8 Å². The minimum absolute atomic E-state index is 0.197. The molecule has 0 unspecified atom stereocenters. The predicted molar refractivity (Wildman–Crippen MR) is 99.2 cm³/mol. The fourth-order valence-corrected chi connectivity index (χ4v) is 3.83. The van der Waals surface area contributed by atoms with Gasteiger partial charge in [-0.1, -0.05) is 40.4 Å². The van der Waals surface area contributed by atoms with Crippen molar-refractivity contribution in [1.29, 1.82) is 0 Å². The van der Waals surface area contributed by atoms with Crippen molar-refractivity contribution in [3.63, 3.8) is 0 Å². The fraction of sp³-hybridized carbons (Fsp3) is 0.0625. The Hall–Kier alpha value is -2.85. The van der Waals surface area contributed by atoms with E-state index in [1.165, 1.54) is 39.9 Å². The molecule has 0 aliphatic heterocycles. The monoisotopic (exact) mass is 386 g/mol. The summed E-state index contributed by atoms with van der Waals surface area (Å²) >= 11 is 2.67. The molecule has 7 nitrogen and oxygen atoms in total. The van der Waals surface area contributed by atoms with Crippen LogP contribution >= 0.6 is 23.1 Å². The van der Waals surface area contributed by atoms with Crippen LogP contribution in [0.1, 0.15) is 0 Å². The summed E-state index contributed by atoms with van der Waals surface area (Å²) < 4.78 is 14.9. The zero-order valence-corrected chi connectivity index (χ0v) is 14.8. The third-order valence-electron chi connectivity index (χ3n) is 3.44. The highest BCUT2D eigenvalue weighted by Gasteiger charge is 2.09. The van der Waals surface area contributed by atoms with E-state index < -0.39 is 0 Å². The van der Waals surface area contributed by atoms with Gasteiger partial charge in [-0.2, -0.15) is 4.68 Å². The van der Waals surface area contributed by atoms with Crippen LogP contribution in [-0.2, 0) is 5.88 Å². The Kier molecular flexibility index (Phi) is 4.59. The summed E-state index contributed by atoms with van der Waals surface area (Å²) in [4.78, 5) is 12.4. The van der Waals surface area contributed by atoms with Crippen LogP contribution in [0.25, 0.3) is 10.9 Å². The van der Waals surface area contributed by atoms with Gasteiger partial charge < -0.3 is 5.32 Å². The number of nitrogens with zero attached hydrogens (tertiary/aromatic N) is 5. The molecule has 2 aromatic carbocycles. The average molecular weight is 386 g/mol. The highest BCUT2D eigenvalue weighted by Crippen LogP contribution is 2.28. The maximum Gasteiger partial charge on any atom is 0.278 e. The third-order valence-corrected chi connectivity index (χ3v) is 5.38. The molecule has 0 radical (unpaired) electrons. The van der Waals surface area contributed by atoms with Crippen LogP contribution in [0.2, 0.25) is 0 Å². The summed E-state index contributed by atoms with van der Waals surface area (Å²) in [7, 11) is 0. The number of thioether (sulfide) groups is 1. The zero-order valence-electron chi connectivity index (χ0n) is 13.2. The number of nitrogens with one attached hydrogen (secondary N) is 1. The highest BCUT2D eigenvalue weighted by molar-refractivity contribution is 8.00. The number of halogens is 1. The molecule has 0 saturated carbocycles. The summed E-state index contributed by atoms with van der Waals surface area (Å²) in [6.07, 6.45) is 0. The van der Waals surface area contributed by atoms with Crippen molar-refractivity contribution in [2.24, 2.45) is 0 Å². The van der Waals surface area contributed by atoms with E-state index >= 15 is 0 Å². The third kappa shape index (κ3) is 3.55. The molecule has 0 aliphatic carbocycles. The molecule has 10 heteroatoms. The minimum atomic E-state index is -0.300. The largest absolute Gasteiger partial charge is 0.330 e. The van der Waals surface area contributed by atoms with Crippen LogP contribution in [0.15, 0.2) is 57.7 Å². The van der Waals surface area contributed by atoms with Crippen molar-refractivity contribution in [1.82, 2.24) is 25.2 Å². The molecule has 1 N–H and O–H groups in total. The van der Waals surface area contributed by atoms with Crippen LogP contribution in [0, 0.1) is 5.82 Å². The van der Waals surface area contributed by atoms with Gasteiger partial charge in [0, 0.05) is 5.69 Å². The van der Waals surface area contributed by atoms with Gasteiger partial charge in [0.15, 0.2) is 4.34 Å². The average Bonchev–Trinajstić information content (AvgIpc) is 3.11. The molecule has 0 amide bonds. The molecule has 0 aliphatic rings. The first-order valence-electron chi connectivity index (χ1n) is 7.50. The molecule has 2 heterocycles. The number of aromatic nitrogens is 5. The molecule has 4 aromatic rings. The lowest BCUT2D eigenvalue weighted by Gasteiger charge is -2.02. The van der Waals surface area contributed by atoms with Gasteiger partial charge >= 0.3 is 0 Å². The van der Waals surface area contributed by atoms with Crippen molar-refractivity contribution in [3.05, 3.63) is 64.7 Å². The van der Waals surface area contributed by atoms with E-state index in [4.69, 9.17) is 0 Å². The van der Waals surface area contributed by atoms with Gasteiger partial charge in [-0.25, -0.2) is 4.39 Å². The summed E-state index contributed by atoms with van der Waals surface area (Å²) in [5, 5.41) is 20.3. The number of hydrogen-bond acceptors (Lipinski definition) is 8. The first-order chi connectivity index (χ1) is 12.7. The topological polar surface area (TPSA) is 85.6 Å². The molecule has 130 valence electrons. The molecule has 2 aromatic heterocycles. The van der Waals surface area contributed by atoms with E-state index in [0.717, 1.165) is 5.69 Å². The highest BCUT2D eigenvalue weighted by atomic mass is 32.2. The number of rotatable bonds is 5. The first-order valence-corrected chi connectivity index (χ1v) is 9.31. The quantitative estimate of drug-likeness (QED) is 0.527. The van der Waals surface area contributed by atoms with Gasteiger partial charge in [0.05, 0.1) is 11.3 Å². The van der Waals surface area contributed by atoms with Gasteiger partial charge in [0.25, 0.3) is 5.56 Å². The lowest BCUT2D eigenvalue weighted by atomic mass is 10.2. The second-order valence-corrected chi connectivity index (χ2v) is 7.36. The van der Waals surface area contributed by atoms with Crippen molar-refractivity contribution < 1.29 is 4.39 Å². The second-order valence-electron chi connectivity index (χ2n) is 5.19. The first kappa shape index (κ1) is 16.6. The summed E-state index contributed by atoms with van der Waals surface area (Å²) in [5.41, 5.74) is 1.09. The lowest BCUT2D eigenvalue weighted by Crippen LogP contribution is -2.23. The Labute approximate surface area is 154 Å². The summed E-state index contributed by atoms with van der Waals surface area (Å²) in [5.74, 6) is -0.0204. The zero-order chi connectivity index (χ0) is 17.9. The van der Waals surface area contributed by atoms with Gasteiger partial charge in [-0.3, -0.25) is 4.79 Å². The predicted octanol–water partition coefficient (Wildman–Crippen LogP) is 3.28.